The average Bonchev–Trinajstić information content (AvgIpc) is 3.12. The predicted molar refractivity (Wildman–Crippen MR) is 111 cm³/mol. The number of hydrogen-bond acceptors (Lipinski definition) is 4. The smallest absolute Gasteiger partial charge is 0.191 e. The SMILES string of the molecule is N#CCCn1cc(/C=N\NC(=S)Nc2ccc(F)cc2)c(-c2ccccc2)n1. The molecule has 3 rings (SSSR count). The van der Waals surface area contributed by atoms with Gasteiger partial charge in [0.15, 0.2) is 5.11 Å². The van der Waals surface area contributed by atoms with E-state index >= 15 is 0 Å². The van der Waals surface area contributed by atoms with Crippen molar-refractivity contribution in [2.45, 2.75) is 13.0 Å². The van der Waals surface area contributed by atoms with Crippen LogP contribution in [0.3, 0.4) is 0 Å². The van der Waals surface area contributed by atoms with Crippen molar-refractivity contribution < 1.29 is 4.39 Å². The first-order valence-electron chi connectivity index (χ1n) is 8.51. The normalized spacial score (nSPS) is 10.6. The van der Waals surface area contributed by atoms with Crippen molar-refractivity contribution in [3.63, 3.8) is 0 Å². The Labute approximate surface area is 167 Å². The van der Waals surface area contributed by atoms with Crippen molar-refractivity contribution in [1.29, 1.82) is 5.26 Å². The van der Waals surface area contributed by atoms with E-state index in [1.807, 2.05) is 36.5 Å². The molecule has 0 amide bonds. The van der Waals surface area contributed by atoms with Gasteiger partial charge in [-0.2, -0.15) is 15.5 Å². The summed E-state index contributed by atoms with van der Waals surface area (Å²) in [5, 5.41) is 20.7. The maximum absolute atomic E-state index is 12.9. The molecular weight excluding hydrogens is 375 g/mol. The van der Waals surface area contributed by atoms with Gasteiger partial charge in [0.1, 0.15) is 11.5 Å². The molecule has 6 nitrogen and oxygen atoms in total. The first kappa shape index (κ1) is 19.2. The Balaban J connectivity index is 1.71. The largest absolute Gasteiger partial charge is 0.331 e. The van der Waals surface area contributed by atoms with E-state index < -0.39 is 0 Å². The maximum atomic E-state index is 12.9. The Kier molecular flexibility index (Phi) is 6.44. The molecule has 0 aliphatic carbocycles. The van der Waals surface area contributed by atoms with E-state index in [1.54, 1.807) is 23.0 Å². The number of anilines is 1. The van der Waals surface area contributed by atoms with Crippen LogP contribution in [0.5, 0.6) is 0 Å². The molecule has 3 aromatic rings. The van der Waals surface area contributed by atoms with E-state index in [0.29, 0.717) is 18.7 Å². The first-order valence-corrected chi connectivity index (χ1v) is 8.92. The molecule has 0 aliphatic heterocycles. The molecule has 0 fully saturated rings. The number of halogens is 1. The molecule has 0 atom stereocenters. The third-order valence-corrected chi connectivity index (χ3v) is 3.96. The molecule has 2 aromatic carbocycles. The molecule has 0 aliphatic rings. The van der Waals surface area contributed by atoms with Gasteiger partial charge in [0, 0.05) is 23.0 Å². The van der Waals surface area contributed by atoms with Gasteiger partial charge in [-0.25, -0.2) is 4.39 Å². The van der Waals surface area contributed by atoms with Crippen LogP contribution in [0.2, 0.25) is 0 Å². The summed E-state index contributed by atoms with van der Waals surface area (Å²) < 4.78 is 14.7. The Morgan fingerprint density at radius 1 is 1.21 bits per heavy atom. The number of nitrogens with zero attached hydrogens (tertiary/aromatic N) is 4. The van der Waals surface area contributed by atoms with Crippen molar-refractivity contribution >= 4 is 29.2 Å². The summed E-state index contributed by atoms with van der Waals surface area (Å²) in [4.78, 5) is 0. The lowest BCUT2D eigenvalue weighted by Crippen LogP contribution is -2.23. The van der Waals surface area contributed by atoms with E-state index in [4.69, 9.17) is 17.5 Å². The molecule has 28 heavy (non-hydrogen) atoms. The lowest BCUT2D eigenvalue weighted by Gasteiger charge is -2.06. The molecule has 1 heterocycles. The number of rotatable bonds is 6. The molecule has 2 N–H and O–H groups in total. The lowest BCUT2D eigenvalue weighted by atomic mass is 10.1. The summed E-state index contributed by atoms with van der Waals surface area (Å²) in [6.45, 7) is 0.502. The minimum absolute atomic E-state index is 0.279. The molecule has 1 aromatic heterocycles. The number of benzene rings is 2. The van der Waals surface area contributed by atoms with Gasteiger partial charge in [-0.15, -0.1) is 0 Å². The molecule has 8 heteroatoms. The second-order valence-corrected chi connectivity index (χ2v) is 6.21. The molecule has 0 saturated carbocycles. The molecular formula is C20H17FN6S. The van der Waals surface area contributed by atoms with E-state index in [2.05, 4.69) is 27.0 Å². The van der Waals surface area contributed by atoms with Crippen LogP contribution in [-0.4, -0.2) is 21.1 Å². The summed E-state index contributed by atoms with van der Waals surface area (Å²) >= 11 is 5.19. The Morgan fingerprint density at radius 3 is 2.68 bits per heavy atom. The van der Waals surface area contributed by atoms with Gasteiger partial charge in [0.2, 0.25) is 0 Å². The number of aryl methyl sites for hydroxylation is 1. The van der Waals surface area contributed by atoms with E-state index in [9.17, 15) is 4.39 Å². The standard InChI is InChI=1S/C20H17FN6S/c21-17-7-9-18(10-8-17)24-20(28)25-23-13-16-14-27(12-4-11-22)26-19(16)15-5-2-1-3-6-15/h1-3,5-10,13-14H,4,12H2,(H2,24,25,28)/b23-13-. The fourth-order valence-electron chi connectivity index (χ4n) is 2.48. The van der Waals surface area contributed by atoms with Gasteiger partial charge < -0.3 is 5.32 Å². The summed E-state index contributed by atoms with van der Waals surface area (Å²) in [6, 6.07) is 17.7. The van der Waals surface area contributed by atoms with E-state index in [-0.39, 0.29) is 10.9 Å². The maximum Gasteiger partial charge on any atom is 0.191 e. The zero-order valence-corrected chi connectivity index (χ0v) is 15.7. The molecule has 0 spiro atoms. The van der Waals surface area contributed by atoms with Crippen LogP contribution in [0.4, 0.5) is 10.1 Å². The van der Waals surface area contributed by atoms with Crippen molar-refractivity contribution in [3.8, 4) is 17.3 Å². The number of aromatic nitrogens is 2. The topological polar surface area (TPSA) is 78.0 Å². The van der Waals surface area contributed by atoms with Crippen LogP contribution < -0.4 is 10.7 Å². The van der Waals surface area contributed by atoms with Crippen molar-refractivity contribution in [2.75, 3.05) is 5.32 Å². The van der Waals surface area contributed by atoms with Gasteiger partial charge in [0.25, 0.3) is 0 Å². The number of hydrogen-bond donors (Lipinski definition) is 2. The molecule has 0 unspecified atom stereocenters. The van der Waals surface area contributed by atoms with Crippen molar-refractivity contribution in [1.82, 2.24) is 15.2 Å². The highest BCUT2D eigenvalue weighted by atomic mass is 32.1. The Hall–Kier alpha value is -3.57. The average molecular weight is 392 g/mol. The van der Waals surface area contributed by atoms with E-state index in [0.717, 1.165) is 16.8 Å². The fourth-order valence-corrected chi connectivity index (χ4v) is 2.65. The molecule has 0 saturated heterocycles. The van der Waals surface area contributed by atoms with Gasteiger partial charge in [0.05, 0.1) is 25.2 Å². The summed E-state index contributed by atoms with van der Waals surface area (Å²) in [7, 11) is 0. The monoisotopic (exact) mass is 392 g/mol. The summed E-state index contributed by atoms with van der Waals surface area (Å²) in [5.74, 6) is -0.315. The zero-order valence-electron chi connectivity index (χ0n) is 14.8. The van der Waals surface area contributed by atoms with Gasteiger partial charge >= 0.3 is 0 Å². The summed E-state index contributed by atoms with van der Waals surface area (Å²) in [6.07, 6.45) is 3.83. The Bertz CT molecular complexity index is 1010. The number of thiocarbonyl (C=S) groups is 1. The Morgan fingerprint density at radius 2 is 1.96 bits per heavy atom. The second kappa shape index (κ2) is 9.39. The minimum Gasteiger partial charge on any atom is -0.331 e. The first-order chi connectivity index (χ1) is 13.7. The third-order valence-electron chi connectivity index (χ3n) is 3.76. The highest BCUT2D eigenvalue weighted by molar-refractivity contribution is 7.80. The minimum atomic E-state index is -0.315. The lowest BCUT2D eigenvalue weighted by molar-refractivity contribution is 0.628. The highest BCUT2D eigenvalue weighted by Crippen LogP contribution is 2.20. The fraction of sp³-hybridized carbons (Fsp3) is 0.100. The van der Waals surface area contributed by atoms with E-state index in [1.165, 1.54) is 12.1 Å². The molecule has 140 valence electrons. The van der Waals surface area contributed by atoms with Gasteiger partial charge in [-0.05, 0) is 36.5 Å². The predicted octanol–water partition coefficient (Wildman–Crippen LogP) is 3.92. The number of nitrogens with one attached hydrogen (secondary N) is 2. The van der Waals surface area contributed by atoms with Gasteiger partial charge in [-0.3, -0.25) is 10.1 Å². The van der Waals surface area contributed by atoms with Crippen molar-refractivity contribution in [3.05, 3.63) is 72.2 Å². The van der Waals surface area contributed by atoms with Crippen LogP contribution in [-0.2, 0) is 6.54 Å². The van der Waals surface area contributed by atoms with Crippen molar-refractivity contribution in [2.24, 2.45) is 5.10 Å². The second-order valence-electron chi connectivity index (χ2n) is 5.80. The van der Waals surface area contributed by atoms with Crippen LogP contribution in [0.1, 0.15) is 12.0 Å². The highest BCUT2D eigenvalue weighted by Gasteiger charge is 2.09. The summed E-state index contributed by atoms with van der Waals surface area (Å²) in [5.41, 5.74) is 5.90. The van der Waals surface area contributed by atoms with Crippen LogP contribution >= 0.6 is 12.2 Å². The molecule has 0 radical (unpaired) electrons. The third kappa shape index (κ3) is 5.22. The van der Waals surface area contributed by atoms with Gasteiger partial charge in [-0.1, -0.05) is 30.3 Å². The van der Waals surface area contributed by atoms with Crippen LogP contribution in [0, 0.1) is 17.1 Å². The number of nitriles is 1. The quantitative estimate of drug-likeness (QED) is 0.378. The molecule has 0 bridgehead atoms. The van der Waals surface area contributed by atoms with Crippen LogP contribution in [0.15, 0.2) is 65.9 Å². The van der Waals surface area contributed by atoms with Crippen LogP contribution in [0.25, 0.3) is 11.3 Å². The number of hydrazone groups is 1. The zero-order chi connectivity index (χ0) is 19.8.